The summed E-state index contributed by atoms with van der Waals surface area (Å²) in [5.41, 5.74) is 6.49. The van der Waals surface area contributed by atoms with Gasteiger partial charge in [-0.25, -0.2) is 4.98 Å². The maximum atomic E-state index is 12.3. The lowest BCUT2D eigenvalue weighted by Crippen LogP contribution is -2.26. The summed E-state index contributed by atoms with van der Waals surface area (Å²) in [6.45, 7) is 1.40. The van der Waals surface area contributed by atoms with Crippen molar-refractivity contribution < 1.29 is 0 Å². The molecule has 0 aliphatic heterocycles. The van der Waals surface area contributed by atoms with Crippen LogP contribution in [0.15, 0.2) is 17.3 Å². The van der Waals surface area contributed by atoms with Crippen LogP contribution in [0.25, 0.3) is 11.0 Å². The zero-order valence-electron chi connectivity index (χ0n) is 10.5. The Morgan fingerprint density at radius 3 is 2.94 bits per heavy atom. The molecule has 2 heterocycles. The van der Waals surface area contributed by atoms with E-state index in [1.54, 1.807) is 28.8 Å². The van der Waals surface area contributed by atoms with Gasteiger partial charge in [0, 0.05) is 13.6 Å². The van der Waals surface area contributed by atoms with Gasteiger partial charge in [0.1, 0.15) is 5.39 Å². The minimum atomic E-state index is -0.00334. The zero-order valence-corrected chi connectivity index (χ0v) is 10.5. The average Bonchev–Trinajstić information content (AvgIpc) is 2.99. The van der Waals surface area contributed by atoms with Crippen molar-refractivity contribution in [2.75, 3.05) is 6.54 Å². The van der Waals surface area contributed by atoms with Gasteiger partial charge >= 0.3 is 0 Å². The van der Waals surface area contributed by atoms with E-state index in [9.17, 15) is 4.79 Å². The molecule has 0 saturated heterocycles. The van der Waals surface area contributed by atoms with Crippen LogP contribution in [0.4, 0.5) is 0 Å². The van der Waals surface area contributed by atoms with Crippen molar-refractivity contribution in [1.29, 1.82) is 0 Å². The highest BCUT2D eigenvalue weighted by atomic mass is 16.1. The first kappa shape index (κ1) is 11.4. The Kier molecular flexibility index (Phi) is 2.48. The summed E-state index contributed by atoms with van der Waals surface area (Å²) < 4.78 is 3.32. The molecule has 0 unspecified atom stereocenters. The summed E-state index contributed by atoms with van der Waals surface area (Å²) in [6, 6.07) is 0. The van der Waals surface area contributed by atoms with Crippen LogP contribution in [0.3, 0.4) is 0 Å². The van der Waals surface area contributed by atoms with Gasteiger partial charge in [-0.2, -0.15) is 5.10 Å². The first-order valence-electron chi connectivity index (χ1n) is 6.22. The highest BCUT2D eigenvalue weighted by Gasteiger charge is 2.42. The van der Waals surface area contributed by atoms with Crippen LogP contribution in [-0.2, 0) is 13.6 Å². The Hall–Kier alpha value is -1.69. The number of aromatic nitrogens is 4. The summed E-state index contributed by atoms with van der Waals surface area (Å²) in [7, 11) is 1.79. The Morgan fingerprint density at radius 2 is 2.28 bits per heavy atom. The zero-order chi connectivity index (χ0) is 12.8. The third-order valence-electron chi connectivity index (χ3n) is 3.86. The Morgan fingerprint density at radius 1 is 1.50 bits per heavy atom. The van der Waals surface area contributed by atoms with Crippen molar-refractivity contribution in [3.63, 3.8) is 0 Å². The van der Waals surface area contributed by atoms with Crippen molar-refractivity contribution in [2.45, 2.75) is 25.8 Å². The second-order valence-electron chi connectivity index (χ2n) is 5.22. The van der Waals surface area contributed by atoms with Crippen LogP contribution in [0, 0.1) is 5.41 Å². The molecule has 2 aromatic heterocycles. The third-order valence-corrected chi connectivity index (χ3v) is 3.86. The van der Waals surface area contributed by atoms with E-state index in [-0.39, 0.29) is 11.0 Å². The molecule has 6 heteroatoms. The minimum absolute atomic E-state index is 0.00334. The maximum absolute atomic E-state index is 12.3. The molecule has 1 aliphatic rings. The summed E-state index contributed by atoms with van der Waals surface area (Å²) in [6.07, 6.45) is 6.50. The van der Waals surface area contributed by atoms with E-state index in [2.05, 4.69) is 10.1 Å². The van der Waals surface area contributed by atoms with Gasteiger partial charge in [-0.05, 0) is 31.2 Å². The second kappa shape index (κ2) is 3.91. The first-order chi connectivity index (χ1) is 8.65. The molecule has 1 fully saturated rings. The molecule has 0 spiro atoms. The van der Waals surface area contributed by atoms with Crippen LogP contribution in [0.1, 0.15) is 19.3 Å². The monoisotopic (exact) mass is 247 g/mol. The smallest absolute Gasteiger partial charge is 0.264 e. The van der Waals surface area contributed by atoms with Crippen molar-refractivity contribution in [3.8, 4) is 0 Å². The molecule has 6 nitrogen and oxygen atoms in total. The van der Waals surface area contributed by atoms with Crippen molar-refractivity contribution >= 4 is 11.0 Å². The molecule has 0 radical (unpaired) electrons. The molecule has 18 heavy (non-hydrogen) atoms. The largest absolute Gasteiger partial charge is 0.330 e. The van der Waals surface area contributed by atoms with Crippen LogP contribution >= 0.6 is 0 Å². The second-order valence-corrected chi connectivity index (χ2v) is 5.22. The highest BCUT2D eigenvalue weighted by Crippen LogP contribution is 2.49. The average molecular weight is 247 g/mol. The standard InChI is InChI=1S/C12H17N5O/c1-16-10-9(6-15-16)11(18)17(8-14-10)7-12(2-3-12)4-5-13/h6,8H,2-5,7,13H2,1H3. The lowest BCUT2D eigenvalue weighted by atomic mass is 10.0. The number of nitrogens with zero attached hydrogens (tertiary/aromatic N) is 4. The van der Waals surface area contributed by atoms with E-state index >= 15 is 0 Å². The molecular formula is C12H17N5O. The summed E-state index contributed by atoms with van der Waals surface area (Å²) >= 11 is 0. The van der Waals surface area contributed by atoms with E-state index < -0.39 is 0 Å². The lowest BCUT2D eigenvalue weighted by Gasteiger charge is -2.15. The van der Waals surface area contributed by atoms with Gasteiger partial charge in [-0.1, -0.05) is 0 Å². The fraction of sp³-hybridized carbons (Fsp3) is 0.583. The number of rotatable bonds is 4. The topological polar surface area (TPSA) is 78.7 Å². The van der Waals surface area contributed by atoms with E-state index in [4.69, 9.17) is 5.73 Å². The Labute approximate surface area is 104 Å². The van der Waals surface area contributed by atoms with Crippen LogP contribution < -0.4 is 11.3 Å². The van der Waals surface area contributed by atoms with Gasteiger partial charge in [-0.15, -0.1) is 0 Å². The third kappa shape index (κ3) is 1.73. The molecule has 1 aliphatic carbocycles. The fourth-order valence-electron chi connectivity index (χ4n) is 2.51. The number of nitrogens with two attached hydrogens (primary N) is 1. The molecule has 0 bridgehead atoms. The van der Waals surface area contributed by atoms with Gasteiger partial charge in [0.15, 0.2) is 5.65 Å². The lowest BCUT2D eigenvalue weighted by molar-refractivity contribution is 0.390. The minimum Gasteiger partial charge on any atom is -0.330 e. The van der Waals surface area contributed by atoms with Gasteiger partial charge in [0.25, 0.3) is 5.56 Å². The highest BCUT2D eigenvalue weighted by molar-refractivity contribution is 5.72. The molecule has 1 saturated carbocycles. The number of hydrogen-bond donors (Lipinski definition) is 1. The maximum Gasteiger partial charge on any atom is 0.264 e. The fourth-order valence-corrected chi connectivity index (χ4v) is 2.51. The van der Waals surface area contributed by atoms with E-state index in [0.29, 0.717) is 17.6 Å². The molecule has 3 rings (SSSR count). The number of fused-ring (bicyclic) bond motifs is 1. The van der Waals surface area contributed by atoms with Crippen molar-refractivity contribution in [3.05, 3.63) is 22.9 Å². The van der Waals surface area contributed by atoms with E-state index in [1.165, 1.54) is 0 Å². The summed E-state index contributed by atoms with van der Waals surface area (Å²) in [4.78, 5) is 16.6. The molecule has 96 valence electrons. The van der Waals surface area contributed by atoms with Gasteiger partial charge < -0.3 is 5.73 Å². The molecule has 0 aromatic carbocycles. The first-order valence-corrected chi connectivity index (χ1v) is 6.22. The SMILES string of the molecule is Cn1ncc2c(=O)n(CC3(CCN)CC3)cnc21. The van der Waals surface area contributed by atoms with E-state index in [0.717, 1.165) is 25.8 Å². The van der Waals surface area contributed by atoms with Crippen LogP contribution in [0.2, 0.25) is 0 Å². The molecular weight excluding hydrogens is 230 g/mol. The van der Waals surface area contributed by atoms with Crippen LogP contribution in [0.5, 0.6) is 0 Å². The predicted octanol–water partition coefficient (Wildman–Crippen LogP) is 0.259. The molecule has 0 atom stereocenters. The molecule has 0 amide bonds. The summed E-state index contributed by atoms with van der Waals surface area (Å²) in [5, 5.41) is 4.65. The number of aryl methyl sites for hydroxylation is 1. The molecule has 2 N–H and O–H groups in total. The summed E-state index contributed by atoms with van der Waals surface area (Å²) in [5.74, 6) is 0. The van der Waals surface area contributed by atoms with Crippen molar-refractivity contribution in [1.82, 2.24) is 19.3 Å². The van der Waals surface area contributed by atoms with Crippen molar-refractivity contribution in [2.24, 2.45) is 18.2 Å². The Balaban J connectivity index is 1.98. The van der Waals surface area contributed by atoms with Crippen LogP contribution in [-0.4, -0.2) is 25.9 Å². The van der Waals surface area contributed by atoms with Gasteiger partial charge in [0.2, 0.25) is 0 Å². The predicted molar refractivity (Wildman–Crippen MR) is 68.1 cm³/mol. The quantitative estimate of drug-likeness (QED) is 0.840. The molecule has 2 aromatic rings. The normalized spacial score (nSPS) is 17.2. The Bertz CT molecular complexity index is 637. The van der Waals surface area contributed by atoms with Gasteiger partial charge in [-0.3, -0.25) is 14.0 Å². The van der Waals surface area contributed by atoms with Gasteiger partial charge in [0.05, 0.1) is 12.5 Å². The number of hydrogen-bond acceptors (Lipinski definition) is 4. The van der Waals surface area contributed by atoms with E-state index in [1.807, 2.05) is 0 Å².